The fourth-order valence-electron chi connectivity index (χ4n) is 3.68. The van der Waals surface area contributed by atoms with Crippen molar-refractivity contribution in [2.45, 2.75) is 35.0 Å². The third-order valence-electron chi connectivity index (χ3n) is 5.48. The summed E-state index contributed by atoms with van der Waals surface area (Å²) >= 11 is 2.21. The number of fused-ring (bicyclic) bond motifs is 1. The first-order chi connectivity index (χ1) is 17.5. The number of rotatable bonds is 10. The van der Waals surface area contributed by atoms with Crippen molar-refractivity contribution in [3.63, 3.8) is 0 Å². The highest BCUT2D eigenvalue weighted by molar-refractivity contribution is 8.01. The zero-order valence-electron chi connectivity index (χ0n) is 18.8. The molecule has 1 fully saturated rings. The van der Waals surface area contributed by atoms with E-state index in [2.05, 4.69) is 15.5 Å². The van der Waals surface area contributed by atoms with Gasteiger partial charge in [-0.05, 0) is 16.7 Å². The summed E-state index contributed by atoms with van der Waals surface area (Å²) in [5.41, 5.74) is 7.34. The van der Waals surface area contributed by atoms with Gasteiger partial charge in [0, 0.05) is 11.5 Å². The first-order valence-corrected chi connectivity index (χ1v) is 14.2. The van der Waals surface area contributed by atoms with Crippen LogP contribution in [0.1, 0.15) is 23.1 Å². The number of aromatic nitrogens is 2. The summed E-state index contributed by atoms with van der Waals surface area (Å²) in [7, 11) is -4.36. The van der Waals surface area contributed by atoms with E-state index in [-0.39, 0.29) is 34.9 Å². The Morgan fingerprint density at radius 3 is 2.62 bits per heavy atom. The summed E-state index contributed by atoms with van der Waals surface area (Å²) in [5, 5.41) is 28.0. The van der Waals surface area contributed by atoms with E-state index < -0.39 is 51.1 Å². The number of carboxylic acids is 1. The van der Waals surface area contributed by atoms with Gasteiger partial charge in [0.15, 0.2) is 5.75 Å². The fraction of sp³-hybridized carbons (Fsp3) is 0.350. The lowest BCUT2D eigenvalue weighted by Crippen LogP contribution is -2.71. The second-order valence-electron chi connectivity index (χ2n) is 8.01. The molecule has 0 spiro atoms. The Kier molecular flexibility index (Phi) is 7.91. The minimum Gasteiger partial charge on any atom is -0.477 e. The number of aliphatic hydroxyl groups is 1. The van der Waals surface area contributed by atoms with Crippen molar-refractivity contribution in [3.05, 3.63) is 52.6 Å². The van der Waals surface area contributed by atoms with E-state index in [9.17, 15) is 27.9 Å². The molecule has 1 aromatic heterocycles. The van der Waals surface area contributed by atoms with Crippen molar-refractivity contribution in [2.75, 3.05) is 11.5 Å². The molecule has 2 aliphatic rings. The Bertz CT molecular complexity index is 1360. The van der Waals surface area contributed by atoms with Crippen molar-refractivity contribution in [1.29, 1.82) is 0 Å². The van der Waals surface area contributed by atoms with Gasteiger partial charge in [-0.1, -0.05) is 36.0 Å². The molecule has 0 radical (unpaired) electrons. The van der Waals surface area contributed by atoms with Crippen molar-refractivity contribution in [1.82, 2.24) is 20.4 Å². The van der Waals surface area contributed by atoms with Gasteiger partial charge in [0.1, 0.15) is 23.2 Å². The summed E-state index contributed by atoms with van der Waals surface area (Å²) in [4.78, 5) is 38.6. The zero-order valence-corrected chi connectivity index (χ0v) is 21.3. The molecule has 2 amide bonds. The molecule has 14 nitrogen and oxygen atoms in total. The molecule has 198 valence electrons. The average molecular weight is 572 g/mol. The van der Waals surface area contributed by atoms with Gasteiger partial charge in [-0.2, -0.15) is 8.42 Å². The molecule has 3 heterocycles. The van der Waals surface area contributed by atoms with Crippen molar-refractivity contribution in [3.8, 4) is 0 Å². The molecule has 37 heavy (non-hydrogen) atoms. The number of β-lactam (4-membered cyclic amide) rings is 1. The number of carbonyl (C=O) groups excluding carboxylic acids is 2. The predicted molar refractivity (Wildman–Crippen MR) is 129 cm³/mol. The molecule has 0 aliphatic carbocycles. The first-order valence-electron chi connectivity index (χ1n) is 10.5. The largest absolute Gasteiger partial charge is 0.477 e. The summed E-state index contributed by atoms with van der Waals surface area (Å²) < 4.78 is 35.9. The summed E-state index contributed by atoms with van der Waals surface area (Å²) in [6.45, 7) is -0.156. The number of hydrogen-bond acceptors (Lipinski definition) is 12. The Hall–Kier alpha value is -2.96. The quantitative estimate of drug-likeness (QED) is 0.137. The molecule has 0 saturated carbocycles. The molecule has 2 aliphatic heterocycles. The van der Waals surface area contributed by atoms with Gasteiger partial charge in [-0.15, -0.1) is 22.0 Å². The molecular weight excluding hydrogens is 550 g/mol. The van der Waals surface area contributed by atoms with Crippen molar-refractivity contribution in [2.24, 2.45) is 5.73 Å². The van der Waals surface area contributed by atoms with Crippen LogP contribution in [0.4, 0.5) is 0 Å². The smallest absolute Gasteiger partial charge is 0.352 e. The third-order valence-corrected chi connectivity index (χ3v) is 8.33. The van der Waals surface area contributed by atoms with Gasteiger partial charge in [-0.25, -0.2) is 4.79 Å². The van der Waals surface area contributed by atoms with Crippen LogP contribution in [0, 0.1) is 0 Å². The number of carbonyl (C=O) groups is 3. The third kappa shape index (κ3) is 5.97. The maximum Gasteiger partial charge on any atom is 0.352 e. The van der Waals surface area contributed by atoms with Gasteiger partial charge in [0.25, 0.3) is 21.2 Å². The molecule has 1 saturated heterocycles. The van der Waals surface area contributed by atoms with E-state index in [4.69, 9.17) is 19.8 Å². The number of amides is 2. The molecule has 0 bridgehead atoms. The first kappa shape index (κ1) is 27.1. The number of nitrogens with one attached hydrogen (secondary N) is 1. The van der Waals surface area contributed by atoms with Crippen molar-refractivity contribution >= 4 is 51.4 Å². The van der Waals surface area contributed by atoms with E-state index in [1.807, 2.05) is 0 Å². The lowest BCUT2D eigenvalue weighted by molar-refractivity contribution is -0.150. The number of hydrogen-bond donors (Lipinski definition) is 5. The molecule has 2 unspecified atom stereocenters. The van der Waals surface area contributed by atoms with Crippen LogP contribution in [-0.2, 0) is 36.9 Å². The lowest BCUT2D eigenvalue weighted by Gasteiger charge is -2.49. The van der Waals surface area contributed by atoms with E-state index >= 15 is 0 Å². The van der Waals surface area contributed by atoms with E-state index in [0.29, 0.717) is 16.7 Å². The highest BCUT2D eigenvalue weighted by Gasteiger charge is 2.54. The van der Waals surface area contributed by atoms with Gasteiger partial charge in [0.2, 0.25) is 11.8 Å². The topological polar surface area (TPSA) is 226 Å². The van der Waals surface area contributed by atoms with Gasteiger partial charge < -0.3 is 25.7 Å². The standard InChI is InChI=1S/C20H21N5O9S3/c21-13(10-3-1-9(5-26)2-4-10)16(27)22-14-17(28)25-15(19(29)30)11(6-35-18(14)25)7-36-20-24-23-12(34-20)8-37(31,32)33/h1-4,13-14,18,26H,5-8,21H2,(H,22,27)(H,29,30)(H,31,32,33)/t13?,14?,18-/m1/s1. The predicted octanol–water partition coefficient (Wildman–Crippen LogP) is -0.520. The van der Waals surface area contributed by atoms with E-state index in [1.54, 1.807) is 24.3 Å². The molecule has 17 heteroatoms. The van der Waals surface area contributed by atoms with Gasteiger partial charge in [0.05, 0.1) is 6.61 Å². The molecule has 1 aromatic carbocycles. The highest BCUT2D eigenvalue weighted by atomic mass is 32.2. The number of nitrogens with zero attached hydrogens (tertiary/aromatic N) is 3. The SMILES string of the molecule is NC(C(=O)NC1C(=O)N2C(C(=O)O)=C(CSc3nnc(CS(=O)(=O)O)o3)CS[C@H]12)c1ccc(CO)cc1. The molecule has 3 atom stereocenters. The second kappa shape index (κ2) is 10.8. The van der Waals surface area contributed by atoms with Crippen LogP contribution in [0.3, 0.4) is 0 Å². The second-order valence-corrected chi connectivity index (χ2v) is 11.5. The Balaban J connectivity index is 1.41. The minimum absolute atomic E-state index is 0.0379. The van der Waals surface area contributed by atoms with Crippen LogP contribution in [-0.4, -0.2) is 79.0 Å². The summed E-state index contributed by atoms with van der Waals surface area (Å²) in [6, 6.07) is 4.44. The van der Waals surface area contributed by atoms with Crippen LogP contribution >= 0.6 is 23.5 Å². The highest BCUT2D eigenvalue weighted by Crippen LogP contribution is 2.41. The Labute approximate surface area is 218 Å². The molecule has 6 N–H and O–H groups in total. The van der Waals surface area contributed by atoms with Crippen molar-refractivity contribution < 1.29 is 42.0 Å². The molecule has 4 rings (SSSR count). The average Bonchev–Trinajstić information content (AvgIpc) is 3.30. The van der Waals surface area contributed by atoms with Gasteiger partial charge in [-0.3, -0.25) is 19.0 Å². The summed E-state index contributed by atoms with van der Waals surface area (Å²) in [5.74, 6) is -3.41. The Morgan fingerprint density at radius 1 is 1.30 bits per heavy atom. The molecular formula is C20H21N5O9S3. The lowest BCUT2D eigenvalue weighted by atomic mass is 10.0. The monoisotopic (exact) mass is 571 g/mol. The van der Waals surface area contributed by atoms with Crippen LogP contribution in [0.2, 0.25) is 0 Å². The number of benzene rings is 1. The van der Waals surface area contributed by atoms with E-state index in [0.717, 1.165) is 16.7 Å². The van der Waals surface area contributed by atoms with Crippen LogP contribution in [0.25, 0.3) is 0 Å². The van der Waals surface area contributed by atoms with E-state index in [1.165, 1.54) is 11.8 Å². The fourth-order valence-corrected chi connectivity index (χ4v) is 6.37. The zero-order chi connectivity index (χ0) is 26.9. The number of nitrogens with two attached hydrogens (primary N) is 1. The summed E-state index contributed by atoms with van der Waals surface area (Å²) in [6.07, 6.45) is 0. The maximum atomic E-state index is 12.8. The number of aliphatic hydroxyl groups excluding tert-OH is 1. The number of aliphatic carboxylic acids is 1. The number of thioether (sulfide) groups is 2. The minimum atomic E-state index is -4.36. The van der Waals surface area contributed by atoms with Crippen LogP contribution in [0.5, 0.6) is 0 Å². The van der Waals surface area contributed by atoms with Crippen LogP contribution < -0.4 is 11.1 Å². The Morgan fingerprint density at radius 2 is 2.00 bits per heavy atom. The molecule has 2 aromatic rings. The normalized spacial score (nSPS) is 20.3. The van der Waals surface area contributed by atoms with Crippen LogP contribution in [0.15, 0.2) is 45.2 Å². The van der Waals surface area contributed by atoms with Gasteiger partial charge >= 0.3 is 5.97 Å². The number of carboxylic acid groups (broad SMARTS) is 1. The maximum absolute atomic E-state index is 12.8.